The molecule has 14 heavy (non-hydrogen) atoms. The first-order chi connectivity index (χ1) is 6.69. The second-order valence-electron chi connectivity index (χ2n) is 2.47. The van der Waals surface area contributed by atoms with Crippen LogP contribution in [0.1, 0.15) is 5.56 Å². The molecule has 0 saturated heterocycles. The van der Waals surface area contributed by atoms with Crippen LogP contribution in [-0.4, -0.2) is 7.11 Å². The van der Waals surface area contributed by atoms with Crippen molar-refractivity contribution >= 4 is 28.2 Å². The third-order valence-electron chi connectivity index (χ3n) is 1.61. The van der Waals surface area contributed by atoms with Crippen LogP contribution < -0.4 is 4.74 Å². The fourth-order valence-corrected chi connectivity index (χ4v) is 1.36. The lowest BCUT2D eigenvalue weighted by molar-refractivity contribution is 0.414. The molecule has 0 fully saturated rings. The summed E-state index contributed by atoms with van der Waals surface area (Å²) < 4.78 is 5.07. The zero-order valence-corrected chi connectivity index (χ0v) is 8.93. The molecule has 0 unspecified atom stereocenters. The Hall–Kier alpha value is -1.17. The van der Waals surface area contributed by atoms with E-state index in [0.717, 1.165) is 0 Å². The summed E-state index contributed by atoms with van der Waals surface area (Å²) in [6, 6.07) is 6.89. The smallest absolute Gasteiger partial charge is 0.129 e. The molecular weight excluding hydrogens is 221 g/mol. The minimum absolute atomic E-state index is 0.334. The average Bonchev–Trinajstić information content (AvgIpc) is 2.17. The van der Waals surface area contributed by atoms with Gasteiger partial charge in [0, 0.05) is 16.7 Å². The van der Waals surface area contributed by atoms with Crippen molar-refractivity contribution in [2.24, 2.45) is 0 Å². The molecule has 0 aliphatic carbocycles. The van der Waals surface area contributed by atoms with Crippen molar-refractivity contribution in [1.29, 1.82) is 5.26 Å². The van der Waals surface area contributed by atoms with Crippen LogP contribution in [0.15, 0.2) is 24.3 Å². The quantitative estimate of drug-likeness (QED) is 0.726. The number of hydrogen-bond acceptors (Lipinski definition) is 2. The van der Waals surface area contributed by atoms with Crippen LogP contribution in [0.3, 0.4) is 0 Å². The van der Waals surface area contributed by atoms with Crippen molar-refractivity contribution in [3.63, 3.8) is 0 Å². The van der Waals surface area contributed by atoms with Gasteiger partial charge in [0.1, 0.15) is 5.75 Å². The Morgan fingerprint density at radius 3 is 2.86 bits per heavy atom. The molecule has 1 aromatic carbocycles. The first kappa shape index (κ1) is 10.9. The number of nitriles is 1. The second kappa shape index (κ2) is 4.90. The van der Waals surface area contributed by atoms with Gasteiger partial charge < -0.3 is 4.74 Å². The van der Waals surface area contributed by atoms with Crippen molar-refractivity contribution in [2.75, 3.05) is 7.11 Å². The van der Waals surface area contributed by atoms with Crippen molar-refractivity contribution < 1.29 is 4.74 Å². The molecule has 0 saturated carbocycles. The van der Waals surface area contributed by atoms with Crippen LogP contribution in [-0.2, 0) is 0 Å². The van der Waals surface area contributed by atoms with Crippen LogP contribution in [0, 0.1) is 11.3 Å². The number of nitrogens with zero attached hydrogens (tertiary/aromatic N) is 1. The Morgan fingerprint density at radius 1 is 1.57 bits per heavy atom. The van der Waals surface area contributed by atoms with Gasteiger partial charge in [0.15, 0.2) is 0 Å². The van der Waals surface area contributed by atoms with E-state index in [9.17, 15) is 0 Å². The van der Waals surface area contributed by atoms with Gasteiger partial charge >= 0.3 is 0 Å². The van der Waals surface area contributed by atoms with Crippen molar-refractivity contribution in [3.05, 3.63) is 34.9 Å². The molecule has 0 spiro atoms. The van der Waals surface area contributed by atoms with Crippen molar-refractivity contribution in [3.8, 4) is 11.8 Å². The molecule has 2 nitrogen and oxygen atoms in total. The Kier molecular flexibility index (Phi) is 3.82. The third kappa shape index (κ3) is 2.41. The number of allylic oxidation sites excluding steroid dienone is 1. The topological polar surface area (TPSA) is 33.0 Å². The average molecular weight is 228 g/mol. The van der Waals surface area contributed by atoms with E-state index >= 15 is 0 Å². The van der Waals surface area contributed by atoms with E-state index in [4.69, 9.17) is 33.2 Å². The molecule has 0 amide bonds. The standard InChI is InChI=1S/C10H7Cl2NO/c1-14-10-6-7(11)2-3-8(10)9(12)4-5-13/h2-4,6H,1H3. The number of hydrogen-bond donors (Lipinski definition) is 0. The fourth-order valence-electron chi connectivity index (χ4n) is 0.997. The first-order valence-corrected chi connectivity index (χ1v) is 4.54. The third-order valence-corrected chi connectivity index (χ3v) is 2.16. The highest BCUT2D eigenvalue weighted by molar-refractivity contribution is 6.49. The lowest BCUT2D eigenvalue weighted by Crippen LogP contribution is -1.88. The molecule has 0 atom stereocenters. The predicted molar refractivity (Wildman–Crippen MR) is 57.4 cm³/mol. The molecule has 0 aromatic heterocycles. The van der Waals surface area contributed by atoms with Gasteiger partial charge in [-0.05, 0) is 18.2 Å². The summed E-state index contributed by atoms with van der Waals surface area (Å²) in [5.41, 5.74) is 0.653. The van der Waals surface area contributed by atoms with E-state index in [1.807, 2.05) is 6.07 Å². The van der Waals surface area contributed by atoms with E-state index in [2.05, 4.69) is 0 Å². The summed E-state index contributed by atoms with van der Waals surface area (Å²) in [6.45, 7) is 0. The largest absolute Gasteiger partial charge is 0.496 e. The van der Waals surface area contributed by atoms with Gasteiger partial charge in [0.05, 0.1) is 18.2 Å². The molecule has 4 heteroatoms. The summed E-state index contributed by atoms with van der Waals surface area (Å²) >= 11 is 11.6. The van der Waals surface area contributed by atoms with Gasteiger partial charge in [0.2, 0.25) is 0 Å². The summed E-state index contributed by atoms with van der Waals surface area (Å²) in [6.07, 6.45) is 1.24. The predicted octanol–water partition coefficient (Wildman–Crippen LogP) is 3.45. The highest BCUT2D eigenvalue weighted by Crippen LogP contribution is 2.30. The minimum Gasteiger partial charge on any atom is -0.496 e. The molecule has 0 aliphatic rings. The summed E-state index contributed by atoms with van der Waals surface area (Å²) in [4.78, 5) is 0. The number of methoxy groups -OCH3 is 1. The highest BCUT2D eigenvalue weighted by atomic mass is 35.5. The van der Waals surface area contributed by atoms with E-state index < -0.39 is 0 Å². The maximum Gasteiger partial charge on any atom is 0.129 e. The number of ether oxygens (including phenoxy) is 1. The van der Waals surface area contributed by atoms with Gasteiger partial charge in [-0.15, -0.1) is 0 Å². The molecule has 0 bridgehead atoms. The van der Waals surface area contributed by atoms with E-state index in [1.54, 1.807) is 18.2 Å². The maximum atomic E-state index is 8.44. The Morgan fingerprint density at radius 2 is 2.29 bits per heavy atom. The zero-order valence-electron chi connectivity index (χ0n) is 7.42. The van der Waals surface area contributed by atoms with Gasteiger partial charge in [-0.3, -0.25) is 0 Å². The van der Waals surface area contributed by atoms with Crippen LogP contribution in [0.5, 0.6) is 5.75 Å². The molecular formula is C10H7Cl2NO. The Labute approximate surface area is 92.3 Å². The van der Waals surface area contributed by atoms with Crippen LogP contribution in [0.2, 0.25) is 5.02 Å². The zero-order chi connectivity index (χ0) is 10.6. The molecule has 1 rings (SSSR count). The normalized spacial score (nSPS) is 10.9. The van der Waals surface area contributed by atoms with Crippen LogP contribution in [0.25, 0.3) is 5.03 Å². The second-order valence-corrected chi connectivity index (χ2v) is 3.31. The van der Waals surface area contributed by atoms with Crippen molar-refractivity contribution in [1.82, 2.24) is 0 Å². The van der Waals surface area contributed by atoms with Gasteiger partial charge in [0.25, 0.3) is 0 Å². The van der Waals surface area contributed by atoms with E-state index in [-0.39, 0.29) is 0 Å². The molecule has 0 heterocycles. The molecule has 0 N–H and O–H groups in total. The molecule has 0 radical (unpaired) electrons. The lowest BCUT2D eigenvalue weighted by atomic mass is 10.2. The first-order valence-electron chi connectivity index (χ1n) is 3.78. The van der Waals surface area contributed by atoms with Gasteiger partial charge in [-0.25, -0.2) is 0 Å². The van der Waals surface area contributed by atoms with Gasteiger partial charge in [-0.1, -0.05) is 23.2 Å². The van der Waals surface area contributed by atoms with E-state index in [0.29, 0.717) is 21.4 Å². The Balaban J connectivity index is 3.22. The monoisotopic (exact) mass is 227 g/mol. The molecule has 1 aromatic rings. The number of halogens is 2. The summed E-state index contributed by atoms with van der Waals surface area (Å²) in [5.74, 6) is 0.550. The number of benzene rings is 1. The summed E-state index contributed by atoms with van der Waals surface area (Å²) in [7, 11) is 1.52. The van der Waals surface area contributed by atoms with Gasteiger partial charge in [-0.2, -0.15) is 5.26 Å². The SMILES string of the molecule is COc1cc(Cl)ccc1C(Cl)=CC#N. The lowest BCUT2D eigenvalue weighted by Gasteiger charge is -2.06. The minimum atomic E-state index is 0.334. The fraction of sp³-hybridized carbons (Fsp3) is 0.100. The summed E-state index contributed by atoms with van der Waals surface area (Å²) in [5, 5.41) is 9.33. The highest BCUT2D eigenvalue weighted by Gasteiger charge is 2.06. The van der Waals surface area contributed by atoms with Crippen LogP contribution in [0.4, 0.5) is 0 Å². The molecule has 0 aliphatic heterocycles. The van der Waals surface area contributed by atoms with Crippen LogP contribution >= 0.6 is 23.2 Å². The van der Waals surface area contributed by atoms with Crippen molar-refractivity contribution in [2.45, 2.75) is 0 Å². The number of rotatable bonds is 2. The molecule has 72 valence electrons. The Bertz CT molecular complexity index is 407. The van der Waals surface area contributed by atoms with E-state index in [1.165, 1.54) is 13.2 Å². The maximum absolute atomic E-state index is 8.44.